The molecule has 1 saturated heterocycles. The minimum atomic E-state index is -0.343. The summed E-state index contributed by atoms with van der Waals surface area (Å²) in [5.41, 5.74) is 4.78. The van der Waals surface area contributed by atoms with E-state index in [-0.39, 0.29) is 29.8 Å². The Labute approximate surface area is 158 Å². The number of benzene rings is 1. The largest absolute Gasteiger partial charge is 0.362 e. The number of carbonyl (C=O) groups excluding carboxylic acids is 2. The van der Waals surface area contributed by atoms with E-state index in [0.29, 0.717) is 18.0 Å². The summed E-state index contributed by atoms with van der Waals surface area (Å²) in [4.78, 5) is 31.2. The Bertz CT molecular complexity index is 884. The van der Waals surface area contributed by atoms with Gasteiger partial charge in [0.05, 0.1) is 6.54 Å². The van der Waals surface area contributed by atoms with Gasteiger partial charge in [0.25, 0.3) is 0 Å². The Kier molecular flexibility index (Phi) is 4.72. The fourth-order valence-electron chi connectivity index (χ4n) is 4.76. The number of aryl methyl sites for hydroxylation is 1. The van der Waals surface area contributed by atoms with Gasteiger partial charge in [-0.05, 0) is 68.5 Å². The summed E-state index contributed by atoms with van der Waals surface area (Å²) in [6.07, 6.45) is 2.70. The van der Waals surface area contributed by atoms with Crippen molar-refractivity contribution in [2.24, 2.45) is 11.8 Å². The van der Waals surface area contributed by atoms with Crippen LogP contribution in [0.25, 0.3) is 0 Å². The number of H-pyrrole nitrogens is 1. The Morgan fingerprint density at radius 2 is 2.04 bits per heavy atom. The van der Waals surface area contributed by atoms with Gasteiger partial charge >= 0.3 is 0 Å². The van der Waals surface area contributed by atoms with Crippen LogP contribution in [0.5, 0.6) is 0 Å². The summed E-state index contributed by atoms with van der Waals surface area (Å²) in [5, 5.41) is 0. The van der Waals surface area contributed by atoms with Gasteiger partial charge in [0.1, 0.15) is 5.82 Å². The molecule has 1 N–H and O–H groups in total. The van der Waals surface area contributed by atoms with Crippen molar-refractivity contribution < 1.29 is 14.0 Å². The van der Waals surface area contributed by atoms with E-state index in [1.54, 1.807) is 0 Å². The first kappa shape index (κ1) is 18.1. The minimum absolute atomic E-state index is 0.0240. The number of carbonyl (C=O) groups is 2. The van der Waals surface area contributed by atoms with Crippen LogP contribution in [0.3, 0.4) is 0 Å². The molecule has 0 bridgehead atoms. The van der Waals surface area contributed by atoms with Gasteiger partial charge < -0.3 is 4.98 Å². The lowest BCUT2D eigenvalue weighted by atomic mass is 9.72. The summed E-state index contributed by atoms with van der Waals surface area (Å²) < 4.78 is 13.1. The fourth-order valence-corrected chi connectivity index (χ4v) is 4.76. The average Bonchev–Trinajstić information content (AvgIpc) is 2.98. The first-order chi connectivity index (χ1) is 13.0. The fraction of sp³-hybridized carbons (Fsp3) is 0.455. The summed E-state index contributed by atoms with van der Waals surface area (Å²) in [6, 6.07) is 5.68. The quantitative estimate of drug-likeness (QED) is 0.839. The summed E-state index contributed by atoms with van der Waals surface area (Å²) in [6.45, 7) is 5.86. The highest BCUT2D eigenvalue weighted by Crippen LogP contribution is 2.38. The molecule has 0 unspecified atom stereocenters. The lowest BCUT2D eigenvalue weighted by Crippen LogP contribution is -2.48. The molecule has 0 spiro atoms. The number of aromatic nitrogens is 1. The van der Waals surface area contributed by atoms with Crippen molar-refractivity contribution in [1.82, 2.24) is 9.88 Å². The molecule has 5 heteroatoms. The number of aromatic amines is 1. The standard InChI is InChI=1S/C22H25FN2O2/c1-3-17-13(2)24-19-10-15-8-9-25(11-18(15)22(27)21(17)19)12-20(26)14-4-6-16(23)7-5-14/h4-7,15,18,24H,3,8-12H2,1-2H3/t15-,18+/m0/s1. The second-order valence-corrected chi connectivity index (χ2v) is 7.82. The van der Waals surface area contributed by atoms with Crippen LogP contribution in [-0.2, 0) is 12.8 Å². The molecule has 4 nitrogen and oxygen atoms in total. The van der Waals surface area contributed by atoms with E-state index in [9.17, 15) is 14.0 Å². The normalized spacial score (nSPS) is 22.4. The molecule has 2 aliphatic rings. The molecule has 0 saturated carbocycles. The van der Waals surface area contributed by atoms with Crippen LogP contribution in [0, 0.1) is 24.6 Å². The van der Waals surface area contributed by atoms with Crippen molar-refractivity contribution in [3.05, 3.63) is 58.2 Å². The van der Waals surface area contributed by atoms with Crippen molar-refractivity contribution in [3.8, 4) is 0 Å². The number of nitrogens with zero attached hydrogens (tertiary/aromatic N) is 1. The van der Waals surface area contributed by atoms with Gasteiger partial charge in [0.15, 0.2) is 11.6 Å². The molecule has 1 aromatic carbocycles. The van der Waals surface area contributed by atoms with Crippen LogP contribution in [0.15, 0.2) is 24.3 Å². The van der Waals surface area contributed by atoms with Crippen LogP contribution in [0.2, 0.25) is 0 Å². The van der Waals surface area contributed by atoms with Gasteiger partial charge in [0, 0.05) is 35.0 Å². The number of rotatable bonds is 4. The van der Waals surface area contributed by atoms with Crippen LogP contribution in [0.1, 0.15) is 51.0 Å². The van der Waals surface area contributed by atoms with Gasteiger partial charge in [-0.3, -0.25) is 14.5 Å². The van der Waals surface area contributed by atoms with Crippen molar-refractivity contribution >= 4 is 11.6 Å². The number of hydrogen-bond donors (Lipinski definition) is 1. The minimum Gasteiger partial charge on any atom is -0.362 e. The molecule has 2 atom stereocenters. The predicted octanol–water partition coefficient (Wildman–Crippen LogP) is 3.58. The lowest BCUT2D eigenvalue weighted by Gasteiger charge is -2.40. The zero-order valence-electron chi connectivity index (χ0n) is 15.8. The Morgan fingerprint density at radius 1 is 1.30 bits per heavy atom. The first-order valence-electron chi connectivity index (χ1n) is 9.73. The van der Waals surface area contributed by atoms with Crippen molar-refractivity contribution in [3.63, 3.8) is 0 Å². The number of Topliss-reactive ketones (excluding diaryl/α,β-unsaturated/α-hetero) is 2. The maximum atomic E-state index is 13.2. The molecular formula is C22H25FN2O2. The third kappa shape index (κ3) is 3.25. The smallest absolute Gasteiger partial charge is 0.176 e. The highest BCUT2D eigenvalue weighted by molar-refractivity contribution is 6.02. The molecular weight excluding hydrogens is 343 g/mol. The van der Waals surface area contributed by atoms with Crippen molar-refractivity contribution in [2.75, 3.05) is 19.6 Å². The number of ketones is 2. The molecule has 1 aromatic heterocycles. The maximum absolute atomic E-state index is 13.2. The van der Waals surface area contributed by atoms with Crippen LogP contribution >= 0.6 is 0 Å². The topological polar surface area (TPSA) is 53.2 Å². The van der Waals surface area contributed by atoms with Crippen molar-refractivity contribution in [1.29, 1.82) is 0 Å². The Balaban J connectivity index is 1.50. The first-order valence-corrected chi connectivity index (χ1v) is 9.73. The Hall–Kier alpha value is -2.27. The van der Waals surface area contributed by atoms with Crippen LogP contribution in [0.4, 0.5) is 4.39 Å². The van der Waals surface area contributed by atoms with E-state index >= 15 is 0 Å². The van der Waals surface area contributed by atoms with Gasteiger partial charge in [-0.1, -0.05) is 6.92 Å². The van der Waals surface area contributed by atoms with E-state index in [2.05, 4.69) is 16.8 Å². The number of likely N-dealkylation sites (tertiary alicyclic amines) is 1. The number of nitrogens with one attached hydrogen (secondary N) is 1. The molecule has 2 aromatic rings. The maximum Gasteiger partial charge on any atom is 0.176 e. The molecule has 0 amide bonds. The van der Waals surface area contributed by atoms with Gasteiger partial charge in [0.2, 0.25) is 0 Å². The highest BCUT2D eigenvalue weighted by Gasteiger charge is 2.41. The van der Waals surface area contributed by atoms with Crippen molar-refractivity contribution in [2.45, 2.75) is 33.1 Å². The predicted molar refractivity (Wildman–Crippen MR) is 102 cm³/mol. The lowest BCUT2D eigenvalue weighted by molar-refractivity contribution is 0.0624. The SMILES string of the molecule is CCc1c(C)[nH]c2c1C(=O)[C@@H]1CN(CC(=O)c3ccc(F)cc3)CC[C@H]1C2. The summed E-state index contributed by atoms with van der Waals surface area (Å²) in [5.74, 6) is 0.188. The van der Waals surface area contributed by atoms with Crippen LogP contribution in [-0.4, -0.2) is 41.1 Å². The van der Waals surface area contributed by atoms with Crippen LogP contribution < -0.4 is 0 Å². The molecule has 27 heavy (non-hydrogen) atoms. The van der Waals surface area contributed by atoms with E-state index in [1.165, 1.54) is 24.3 Å². The van der Waals surface area contributed by atoms with E-state index in [4.69, 9.17) is 0 Å². The average molecular weight is 368 g/mol. The Morgan fingerprint density at radius 3 is 2.74 bits per heavy atom. The van der Waals surface area contributed by atoms with E-state index in [1.807, 2.05) is 6.92 Å². The van der Waals surface area contributed by atoms with E-state index < -0.39 is 0 Å². The van der Waals surface area contributed by atoms with Gasteiger partial charge in [-0.25, -0.2) is 4.39 Å². The number of halogens is 1. The summed E-state index contributed by atoms with van der Waals surface area (Å²) >= 11 is 0. The summed E-state index contributed by atoms with van der Waals surface area (Å²) in [7, 11) is 0. The van der Waals surface area contributed by atoms with Gasteiger partial charge in [-0.15, -0.1) is 0 Å². The highest BCUT2D eigenvalue weighted by atomic mass is 19.1. The molecule has 1 aliphatic heterocycles. The molecule has 4 rings (SSSR count). The number of piperidine rings is 1. The van der Waals surface area contributed by atoms with E-state index in [0.717, 1.165) is 48.3 Å². The van der Waals surface area contributed by atoms with Gasteiger partial charge in [-0.2, -0.15) is 0 Å². The third-order valence-corrected chi connectivity index (χ3v) is 6.17. The molecule has 0 radical (unpaired) electrons. The number of hydrogen-bond acceptors (Lipinski definition) is 3. The zero-order chi connectivity index (χ0) is 19.1. The second kappa shape index (κ2) is 7.04. The number of fused-ring (bicyclic) bond motifs is 2. The molecule has 2 heterocycles. The molecule has 142 valence electrons. The second-order valence-electron chi connectivity index (χ2n) is 7.82. The third-order valence-electron chi connectivity index (χ3n) is 6.17. The molecule has 1 fully saturated rings. The monoisotopic (exact) mass is 368 g/mol. The molecule has 1 aliphatic carbocycles. The zero-order valence-corrected chi connectivity index (χ0v) is 15.8.